The molecule has 212 valence electrons. The summed E-state index contributed by atoms with van der Waals surface area (Å²) < 4.78 is 68.0. The van der Waals surface area contributed by atoms with E-state index in [4.69, 9.17) is 11.6 Å². The summed E-state index contributed by atoms with van der Waals surface area (Å²) in [7, 11) is -4.09. The third-order valence-corrected chi connectivity index (χ3v) is 10.8. The van der Waals surface area contributed by atoms with E-state index in [0.29, 0.717) is 12.8 Å². The van der Waals surface area contributed by atoms with Crippen molar-refractivity contribution >= 4 is 33.0 Å². The topological polar surface area (TPSA) is 117 Å². The molecule has 1 aromatic heterocycles. The molecular weight excluding hydrogens is 569 g/mol. The number of nitrogens with one attached hydrogen (secondary N) is 1. The van der Waals surface area contributed by atoms with Crippen molar-refractivity contribution in [3.8, 4) is 0 Å². The van der Waals surface area contributed by atoms with Crippen LogP contribution in [0.3, 0.4) is 0 Å². The van der Waals surface area contributed by atoms with Crippen molar-refractivity contribution in [2.75, 3.05) is 5.32 Å². The molecule has 0 aliphatic heterocycles. The van der Waals surface area contributed by atoms with Gasteiger partial charge >= 0.3 is 0 Å². The zero-order valence-corrected chi connectivity index (χ0v) is 22.8. The number of anilines is 1. The molecule has 3 unspecified atom stereocenters. The lowest BCUT2D eigenvalue weighted by atomic mass is 9.70. The van der Waals surface area contributed by atoms with Crippen molar-refractivity contribution < 1.29 is 36.6 Å². The van der Waals surface area contributed by atoms with E-state index in [1.165, 1.54) is 37.3 Å². The first-order valence-corrected chi connectivity index (χ1v) is 14.6. The van der Waals surface area contributed by atoms with Crippen molar-refractivity contribution in [2.45, 2.75) is 54.5 Å². The van der Waals surface area contributed by atoms with Gasteiger partial charge < -0.3 is 15.5 Å². The van der Waals surface area contributed by atoms with E-state index in [1.54, 1.807) is 0 Å². The van der Waals surface area contributed by atoms with Gasteiger partial charge in [-0.25, -0.2) is 21.6 Å². The molecule has 2 saturated carbocycles. The number of benzene rings is 2. The first kappa shape index (κ1) is 28.5. The molecule has 3 aromatic rings. The molecule has 40 heavy (non-hydrogen) atoms. The minimum atomic E-state index is -4.09. The monoisotopic (exact) mass is 594 g/mol. The van der Waals surface area contributed by atoms with Crippen LogP contribution >= 0.6 is 11.6 Å². The molecule has 2 bridgehead atoms. The van der Waals surface area contributed by atoms with Crippen LogP contribution in [0.5, 0.6) is 0 Å². The molecule has 0 radical (unpaired) electrons. The average molecular weight is 595 g/mol. The normalized spacial score (nSPS) is 25.0. The minimum Gasteiger partial charge on any atom is -0.386 e. The fourth-order valence-electron chi connectivity index (χ4n) is 6.01. The smallest absolute Gasteiger partial charge is 0.255 e. The van der Waals surface area contributed by atoms with Crippen molar-refractivity contribution in [1.29, 1.82) is 0 Å². The molecule has 3 N–H and O–H groups in total. The molecule has 12 heteroatoms. The lowest BCUT2D eigenvalue weighted by Crippen LogP contribution is -2.52. The highest BCUT2D eigenvalue weighted by Gasteiger charge is 2.59. The lowest BCUT2D eigenvalue weighted by Gasteiger charge is -2.45. The first-order valence-electron chi connectivity index (χ1n) is 12.7. The van der Waals surface area contributed by atoms with Crippen LogP contribution < -0.4 is 5.32 Å². The van der Waals surface area contributed by atoms with Gasteiger partial charge in [-0.2, -0.15) is 0 Å². The predicted octanol–water partition coefficient (Wildman–Crippen LogP) is 5.14. The average Bonchev–Trinajstić information content (AvgIpc) is 3.07. The van der Waals surface area contributed by atoms with Crippen LogP contribution in [-0.4, -0.2) is 40.4 Å². The molecule has 5 rings (SSSR count). The van der Waals surface area contributed by atoms with Crippen molar-refractivity contribution in [3.05, 3.63) is 88.0 Å². The largest absolute Gasteiger partial charge is 0.386 e. The maximum absolute atomic E-state index is 13.8. The summed E-state index contributed by atoms with van der Waals surface area (Å²) in [5.41, 5.74) is -1.53. The molecule has 1 amide bonds. The number of hydrogen-bond acceptors (Lipinski definition) is 6. The van der Waals surface area contributed by atoms with Crippen molar-refractivity contribution in [3.63, 3.8) is 0 Å². The number of carbonyl (C=O) groups excluding carboxylic acids is 1. The van der Waals surface area contributed by atoms with Crippen LogP contribution in [0.4, 0.5) is 18.9 Å². The van der Waals surface area contributed by atoms with E-state index in [2.05, 4.69) is 10.3 Å². The quantitative estimate of drug-likeness (QED) is 0.364. The third kappa shape index (κ3) is 4.89. The zero-order valence-electron chi connectivity index (χ0n) is 21.2. The second-order valence-corrected chi connectivity index (χ2v) is 13.0. The molecule has 7 nitrogen and oxygen atoms in total. The van der Waals surface area contributed by atoms with Gasteiger partial charge in [-0.15, -0.1) is 0 Å². The Bertz CT molecular complexity index is 1590. The SMILES string of the molecule is Cc1nc(C(O)[C@]2(O)C3CCC2C[C@@H](S(=O)(=O)c2cc(C(=O)Nc4ccc(F)c(F)c4)ccc2Cl)C3)ccc1F. The second-order valence-electron chi connectivity index (χ2n) is 10.4. The van der Waals surface area contributed by atoms with Crippen molar-refractivity contribution in [1.82, 2.24) is 4.98 Å². The Morgan fingerprint density at radius 3 is 2.30 bits per heavy atom. The van der Waals surface area contributed by atoms with Crippen molar-refractivity contribution in [2.24, 2.45) is 11.8 Å². The molecular formula is C28H26ClF3N2O5S. The number of nitrogens with zero attached hydrogens (tertiary/aromatic N) is 1. The first-order chi connectivity index (χ1) is 18.8. The Morgan fingerprint density at radius 2 is 1.68 bits per heavy atom. The number of rotatable bonds is 6. The maximum atomic E-state index is 13.8. The Kier molecular flexibility index (Phi) is 7.45. The summed E-state index contributed by atoms with van der Waals surface area (Å²) in [6.45, 7) is 1.45. The van der Waals surface area contributed by atoms with Gasteiger partial charge in [0.15, 0.2) is 21.5 Å². The van der Waals surface area contributed by atoms with Gasteiger partial charge in [0.25, 0.3) is 5.91 Å². The highest BCUT2D eigenvalue weighted by Crippen LogP contribution is 2.56. The van der Waals surface area contributed by atoms with E-state index in [0.717, 1.165) is 18.2 Å². The van der Waals surface area contributed by atoms with E-state index in [-0.39, 0.29) is 45.4 Å². The highest BCUT2D eigenvalue weighted by molar-refractivity contribution is 7.92. The van der Waals surface area contributed by atoms with Crippen LogP contribution in [0.25, 0.3) is 0 Å². The number of fused-ring (bicyclic) bond motifs is 2. The predicted molar refractivity (Wildman–Crippen MR) is 141 cm³/mol. The lowest BCUT2D eigenvalue weighted by molar-refractivity contribution is -0.145. The van der Waals surface area contributed by atoms with Gasteiger partial charge in [0.1, 0.15) is 17.5 Å². The number of amides is 1. The zero-order chi connectivity index (χ0) is 29.0. The number of aryl methyl sites for hydroxylation is 1. The second kappa shape index (κ2) is 10.4. The summed E-state index contributed by atoms with van der Waals surface area (Å²) in [6.07, 6.45) is -0.397. The minimum absolute atomic E-state index is 0.0178. The molecule has 2 aromatic carbocycles. The summed E-state index contributed by atoms with van der Waals surface area (Å²) >= 11 is 6.28. The fraction of sp³-hybridized carbons (Fsp3) is 0.357. The van der Waals surface area contributed by atoms with Gasteiger partial charge in [0, 0.05) is 17.3 Å². The summed E-state index contributed by atoms with van der Waals surface area (Å²) in [4.78, 5) is 16.6. The number of sulfone groups is 1. The van der Waals surface area contributed by atoms with E-state index < -0.39 is 62.0 Å². The highest BCUT2D eigenvalue weighted by atomic mass is 35.5. The van der Waals surface area contributed by atoms with Gasteiger partial charge in [0.05, 0.1) is 26.6 Å². The van der Waals surface area contributed by atoms with Crippen LogP contribution in [-0.2, 0) is 9.84 Å². The maximum Gasteiger partial charge on any atom is 0.255 e. The molecule has 2 fully saturated rings. The van der Waals surface area contributed by atoms with Crippen LogP contribution in [0.1, 0.15) is 53.5 Å². The number of aliphatic hydroxyl groups excluding tert-OH is 1. The van der Waals surface area contributed by atoms with Gasteiger partial charge in [0.2, 0.25) is 0 Å². The summed E-state index contributed by atoms with van der Waals surface area (Å²) in [5.74, 6) is -4.68. The molecule has 2 aliphatic carbocycles. The molecule has 0 spiro atoms. The Balaban J connectivity index is 1.39. The third-order valence-electron chi connectivity index (χ3n) is 8.14. The number of hydrogen-bond donors (Lipinski definition) is 3. The van der Waals surface area contributed by atoms with E-state index >= 15 is 0 Å². The van der Waals surface area contributed by atoms with Crippen LogP contribution in [0.15, 0.2) is 53.4 Å². The van der Waals surface area contributed by atoms with Gasteiger partial charge in [-0.1, -0.05) is 11.6 Å². The summed E-state index contributed by atoms with van der Waals surface area (Å²) in [5, 5.41) is 24.1. The standard InChI is InChI=1S/C28H26ClF3N2O5S/c1-14-21(30)8-9-24(33-14)26(35)28(37)16-3-4-17(28)12-19(11-16)40(38,39)25-10-15(2-6-20(25)29)27(36)34-18-5-7-22(31)23(32)13-18/h2,5-10,13,16-17,19,26,35,37H,3-4,11-12H2,1H3,(H,34,36)/t16?,17?,19-,26?,28-. The summed E-state index contributed by atoms with van der Waals surface area (Å²) in [6, 6.07) is 9.02. The fourth-order valence-corrected chi connectivity index (χ4v) is 8.42. The Morgan fingerprint density at radius 1 is 1.02 bits per heavy atom. The Labute approximate surface area is 233 Å². The van der Waals surface area contributed by atoms with Crippen LogP contribution in [0, 0.1) is 36.2 Å². The number of carbonyl (C=O) groups is 1. The number of aromatic nitrogens is 1. The molecule has 0 saturated heterocycles. The number of pyridine rings is 1. The molecule has 3 atom stereocenters. The Hall–Kier alpha value is -2.99. The number of aliphatic hydroxyl groups is 2. The molecule has 2 aliphatic rings. The van der Waals surface area contributed by atoms with Crippen LogP contribution in [0.2, 0.25) is 5.02 Å². The van der Waals surface area contributed by atoms with Gasteiger partial charge in [-0.3, -0.25) is 9.78 Å². The molecule has 1 heterocycles. The van der Waals surface area contributed by atoms with E-state index in [1.807, 2.05) is 0 Å². The number of halogens is 4. The van der Waals surface area contributed by atoms with Gasteiger partial charge in [-0.05, 0) is 86.9 Å². The van der Waals surface area contributed by atoms with E-state index in [9.17, 15) is 36.6 Å².